The average molecular weight is 551 g/mol. The second-order valence-corrected chi connectivity index (χ2v) is 10.7. The molecule has 0 aliphatic carbocycles. The molecule has 0 radical (unpaired) electrons. The van der Waals surface area contributed by atoms with E-state index in [9.17, 15) is 4.79 Å². The molecule has 0 aromatic heterocycles. The van der Waals surface area contributed by atoms with E-state index >= 15 is 0 Å². The van der Waals surface area contributed by atoms with Crippen LogP contribution in [0.25, 0.3) is 5.57 Å². The number of amides is 1. The minimum atomic E-state index is -0.0522. The summed E-state index contributed by atoms with van der Waals surface area (Å²) in [5.74, 6) is 2.12. The molecule has 2 aliphatic rings. The lowest BCUT2D eigenvalue weighted by Gasteiger charge is -2.26. The summed E-state index contributed by atoms with van der Waals surface area (Å²) in [4.78, 5) is 18.3. The molecule has 2 heterocycles. The Kier molecular flexibility index (Phi) is 11.3. The van der Waals surface area contributed by atoms with Gasteiger partial charge in [-0.2, -0.15) is 0 Å². The number of nitrogens with zero attached hydrogens (tertiary/aromatic N) is 2. The Morgan fingerprint density at radius 3 is 2.20 bits per heavy atom. The van der Waals surface area contributed by atoms with E-state index in [0.717, 1.165) is 98.7 Å². The van der Waals surface area contributed by atoms with Crippen LogP contribution in [-0.2, 0) is 17.8 Å². The molecule has 0 atom stereocenters. The molecule has 218 valence electrons. The zero-order chi connectivity index (χ0) is 28.3. The van der Waals surface area contributed by atoms with Gasteiger partial charge in [0.25, 0.3) is 5.91 Å². The van der Waals surface area contributed by atoms with Gasteiger partial charge in [-0.05, 0) is 49.5 Å². The number of ether oxygens (including phenoxy) is 4. The predicted octanol–water partition coefficient (Wildman–Crippen LogP) is 6.33. The number of morpholine rings is 1. The van der Waals surface area contributed by atoms with Crippen molar-refractivity contribution >= 4 is 11.5 Å². The Morgan fingerprint density at radius 2 is 1.52 bits per heavy atom. The molecule has 4 rings (SSSR count). The van der Waals surface area contributed by atoms with Gasteiger partial charge in [0, 0.05) is 43.4 Å². The summed E-state index contributed by atoms with van der Waals surface area (Å²) < 4.78 is 23.9. The van der Waals surface area contributed by atoms with Gasteiger partial charge in [-0.25, -0.2) is 0 Å². The van der Waals surface area contributed by atoms with Gasteiger partial charge >= 0.3 is 0 Å². The smallest absolute Gasteiger partial charge is 0.258 e. The standard InChI is InChI=1S/C33H46N2O5/c1-5-7-16-39-31-22-32(40-17-8-6-2)28(21-27(31)25(3)4)33(36)35-23-26-11-9-12-30(29(26)24-35)38-18-10-13-34-14-19-37-20-15-34/h9,11-12,21-22H,3,5-8,10,13-20,23-24H2,1-2,4H3. The number of carbonyl (C=O) groups excluding carboxylic acids is 1. The summed E-state index contributed by atoms with van der Waals surface area (Å²) in [5.41, 5.74) is 4.49. The van der Waals surface area contributed by atoms with Gasteiger partial charge in [0.1, 0.15) is 17.2 Å². The minimum absolute atomic E-state index is 0.0522. The van der Waals surface area contributed by atoms with Gasteiger partial charge in [0.05, 0.1) is 45.1 Å². The third-order valence-electron chi connectivity index (χ3n) is 7.49. The van der Waals surface area contributed by atoms with Crippen molar-refractivity contribution < 1.29 is 23.7 Å². The number of fused-ring (bicyclic) bond motifs is 1. The fourth-order valence-corrected chi connectivity index (χ4v) is 5.09. The molecular weight excluding hydrogens is 504 g/mol. The van der Waals surface area contributed by atoms with Gasteiger partial charge < -0.3 is 23.8 Å². The largest absolute Gasteiger partial charge is 0.493 e. The van der Waals surface area contributed by atoms with Crippen LogP contribution in [0.1, 0.15) is 79.9 Å². The minimum Gasteiger partial charge on any atom is -0.493 e. The van der Waals surface area contributed by atoms with Gasteiger partial charge in [0.15, 0.2) is 0 Å². The first-order chi connectivity index (χ1) is 19.5. The van der Waals surface area contributed by atoms with Crippen LogP contribution < -0.4 is 14.2 Å². The molecule has 1 saturated heterocycles. The molecule has 0 N–H and O–H groups in total. The lowest BCUT2D eigenvalue weighted by atomic mass is 10.0. The van der Waals surface area contributed by atoms with Crippen LogP contribution in [0.5, 0.6) is 17.2 Å². The van der Waals surface area contributed by atoms with Crippen molar-refractivity contribution in [3.05, 3.63) is 59.2 Å². The summed E-state index contributed by atoms with van der Waals surface area (Å²) in [6.07, 6.45) is 4.91. The molecule has 1 fully saturated rings. The van der Waals surface area contributed by atoms with Crippen molar-refractivity contribution in [2.24, 2.45) is 0 Å². The molecule has 0 unspecified atom stereocenters. The van der Waals surface area contributed by atoms with Crippen LogP contribution in [0.15, 0.2) is 36.9 Å². The van der Waals surface area contributed by atoms with Crippen molar-refractivity contribution in [1.82, 2.24) is 9.80 Å². The highest BCUT2D eigenvalue weighted by Gasteiger charge is 2.29. The highest BCUT2D eigenvalue weighted by molar-refractivity contribution is 5.98. The molecule has 1 amide bonds. The molecule has 40 heavy (non-hydrogen) atoms. The van der Waals surface area contributed by atoms with E-state index in [1.54, 1.807) is 0 Å². The maximum absolute atomic E-state index is 14.0. The van der Waals surface area contributed by atoms with E-state index in [1.165, 1.54) is 0 Å². The molecule has 2 aromatic rings. The normalized spacial score (nSPS) is 15.1. The highest BCUT2D eigenvalue weighted by Crippen LogP contribution is 2.37. The molecule has 7 nitrogen and oxygen atoms in total. The molecule has 0 bridgehead atoms. The maximum Gasteiger partial charge on any atom is 0.258 e. The first kappa shape index (κ1) is 29.9. The Balaban J connectivity index is 1.48. The van der Waals surface area contributed by atoms with Crippen molar-refractivity contribution in [3.8, 4) is 17.2 Å². The van der Waals surface area contributed by atoms with Crippen LogP contribution in [0.2, 0.25) is 0 Å². The van der Waals surface area contributed by atoms with E-state index < -0.39 is 0 Å². The molecule has 0 spiro atoms. The Hall–Kier alpha value is -3.03. The molecule has 0 saturated carbocycles. The van der Waals surface area contributed by atoms with Gasteiger partial charge in [-0.3, -0.25) is 9.69 Å². The number of carbonyl (C=O) groups is 1. The zero-order valence-corrected chi connectivity index (χ0v) is 24.6. The second-order valence-electron chi connectivity index (χ2n) is 10.7. The third kappa shape index (κ3) is 7.79. The predicted molar refractivity (Wildman–Crippen MR) is 159 cm³/mol. The molecule has 2 aromatic carbocycles. The number of allylic oxidation sites excluding steroid dienone is 1. The van der Waals surface area contributed by atoms with Crippen molar-refractivity contribution in [2.45, 2.75) is 66.0 Å². The van der Waals surface area contributed by atoms with E-state index in [1.807, 2.05) is 36.1 Å². The van der Waals surface area contributed by atoms with Crippen LogP contribution in [0.3, 0.4) is 0 Å². The summed E-state index contributed by atoms with van der Waals surface area (Å²) in [5, 5.41) is 0. The number of rotatable bonds is 15. The highest BCUT2D eigenvalue weighted by atomic mass is 16.5. The van der Waals surface area contributed by atoms with E-state index in [0.29, 0.717) is 44.2 Å². The summed E-state index contributed by atoms with van der Waals surface area (Å²) in [6.45, 7) is 17.9. The van der Waals surface area contributed by atoms with Crippen molar-refractivity contribution in [1.29, 1.82) is 0 Å². The fourth-order valence-electron chi connectivity index (χ4n) is 5.09. The van der Waals surface area contributed by atoms with Crippen molar-refractivity contribution in [2.75, 3.05) is 52.7 Å². The topological polar surface area (TPSA) is 60.5 Å². The lowest BCUT2D eigenvalue weighted by molar-refractivity contribution is 0.0357. The van der Waals surface area contributed by atoms with Gasteiger partial charge in [0.2, 0.25) is 0 Å². The first-order valence-electron chi connectivity index (χ1n) is 14.9. The first-order valence-corrected chi connectivity index (χ1v) is 14.9. The van der Waals surface area contributed by atoms with Crippen LogP contribution >= 0.6 is 0 Å². The zero-order valence-electron chi connectivity index (χ0n) is 24.6. The third-order valence-corrected chi connectivity index (χ3v) is 7.49. The summed E-state index contributed by atoms with van der Waals surface area (Å²) in [7, 11) is 0. The Bertz CT molecular complexity index is 1140. The summed E-state index contributed by atoms with van der Waals surface area (Å²) >= 11 is 0. The van der Waals surface area contributed by atoms with Gasteiger partial charge in [-0.1, -0.05) is 45.4 Å². The monoisotopic (exact) mass is 550 g/mol. The van der Waals surface area contributed by atoms with Crippen LogP contribution in [0.4, 0.5) is 0 Å². The van der Waals surface area contributed by atoms with Gasteiger partial charge in [-0.15, -0.1) is 0 Å². The number of hydrogen-bond donors (Lipinski definition) is 0. The van der Waals surface area contributed by atoms with Crippen molar-refractivity contribution in [3.63, 3.8) is 0 Å². The Morgan fingerprint density at radius 1 is 0.875 bits per heavy atom. The van der Waals surface area contributed by atoms with E-state index in [4.69, 9.17) is 18.9 Å². The summed E-state index contributed by atoms with van der Waals surface area (Å²) in [6, 6.07) is 9.91. The number of benzene rings is 2. The van der Waals surface area contributed by atoms with E-state index in [-0.39, 0.29) is 5.91 Å². The molecule has 7 heteroatoms. The average Bonchev–Trinajstić information content (AvgIpc) is 3.41. The SMILES string of the molecule is C=C(C)c1cc(C(=O)N2Cc3cccc(OCCCN4CCOCC4)c3C2)c(OCCCC)cc1OCCCC. The molecule has 2 aliphatic heterocycles. The fraction of sp³-hybridized carbons (Fsp3) is 0.545. The number of hydrogen-bond acceptors (Lipinski definition) is 6. The molecular formula is C33H46N2O5. The Labute approximate surface area is 240 Å². The van der Waals surface area contributed by atoms with Crippen LogP contribution in [0, 0.1) is 0 Å². The number of unbranched alkanes of at least 4 members (excludes halogenated alkanes) is 2. The quantitative estimate of drug-likeness (QED) is 0.241. The van der Waals surface area contributed by atoms with Crippen LogP contribution in [-0.4, -0.2) is 68.4 Å². The lowest BCUT2D eigenvalue weighted by Crippen LogP contribution is -2.37. The maximum atomic E-state index is 14.0. The van der Waals surface area contributed by atoms with E-state index in [2.05, 4.69) is 31.4 Å². The second kappa shape index (κ2) is 15.1.